The van der Waals surface area contributed by atoms with E-state index in [0.717, 1.165) is 16.2 Å². The molecule has 0 bridgehead atoms. The van der Waals surface area contributed by atoms with Crippen molar-refractivity contribution in [3.63, 3.8) is 0 Å². The molecule has 2 aromatic heterocycles. The van der Waals surface area contributed by atoms with E-state index in [1.807, 2.05) is 53.9 Å². The van der Waals surface area contributed by atoms with Crippen molar-refractivity contribution in [3.05, 3.63) is 62.7 Å². The van der Waals surface area contributed by atoms with Crippen LogP contribution in [0.5, 0.6) is 0 Å². The van der Waals surface area contributed by atoms with E-state index < -0.39 is 0 Å². The Bertz CT molecular complexity index is 797. The van der Waals surface area contributed by atoms with Gasteiger partial charge >= 0.3 is 0 Å². The van der Waals surface area contributed by atoms with E-state index in [2.05, 4.69) is 15.5 Å². The number of hydrogen-bond acceptors (Lipinski definition) is 5. The molecule has 1 amide bonds. The van der Waals surface area contributed by atoms with Crippen LogP contribution in [0.2, 0.25) is 0 Å². The van der Waals surface area contributed by atoms with Crippen molar-refractivity contribution < 1.29 is 4.79 Å². The number of aromatic nitrogens is 2. The first-order valence-electron chi connectivity index (χ1n) is 6.33. The number of anilines is 1. The average Bonchev–Trinajstić information content (AvgIpc) is 3.19. The second-order valence-electron chi connectivity index (χ2n) is 4.24. The molecule has 1 aromatic carbocycles. The number of rotatable bonds is 4. The van der Waals surface area contributed by atoms with Gasteiger partial charge in [-0.2, -0.15) is 0 Å². The van der Waals surface area contributed by atoms with E-state index in [4.69, 9.17) is 11.6 Å². The van der Waals surface area contributed by atoms with E-state index in [-0.39, 0.29) is 10.9 Å². The molecule has 0 aliphatic rings. The van der Waals surface area contributed by atoms with E-state index in [9.17, 15) is 4.79 Å². The summed E-state index contributed by atoms with van der Waals surface area (Å²) in [6.45, 7) is 0. The van der Waals surface area contributed by atoms with Crippen molar-refractivity contribution in [1.82, 2.24) is 10.2 Å². The van der Waals surface area contributed by atoms with Gasteiger partial charge in [-0.25, -0.2) is 0 Å². The maximum Gasteiger partial charge on any atom is 0.286 e. The third-order valence-electron chi connectivity index (χ3n) is 2.67. The summed E-state index contributed by atoms with van der Waals surface area (Å²) in [5.74, 6) is -0.296. The lowest BCUT2D eigenvalue weighted by Crippen LogP contribution is -2.11. The van der Waals surface area contributed by atoms with Gasteiger partial charge in [0.25, 0.3) is 5.91 Å². The number of carbonyl (C=O) groups excluding carboxylic acids is 1. The van der Waals surface area contributed by atoms with Gasteiger partial charge in [-0.05, 0) is 29.7 Å². The second-order valence-corrected chi connectivity index (χ2v) is 6.60. The van der Waals surface area contributed by atoms with Gasteiger partial charge < -0.3 is 5.32 Å². The molecule has 0 unspecified atom stereocenters. The highest BCUT2D eigenvalue weighted by Crippen LogP contribution is 2.27. The Balaban J connectivity index is 1.74. The van der Waals surface area contributed by atoms with Crippen LogP contribution in [0.15, 0.2) is 47.8 Å². The highest BCUT2D eigenvalue weighted by Gasteiger charge is 2.14. The smallest absolute Gasteiger partial charge is 0.286 e. The van der Waals surface area contributed by atoms with E-state index in [1.165, 1.54) is 0 Å². The number of nitrogens with one attached hydrogen (secondary N) is 1. The Kier molecular flexibility index (Phi) is 4.62. The predicted octanol–water partition coefficient (Wildman–Crippen LogP) is 4.59. The maximum absolute atomic E-state index is 12.1. The lowest BCUT2D eigenvalue weighted by atomic mass is 10.3. The first-order valence-corrected chi connectivity index (χ1v) is 8.41. The highest BCUT2D eigenvalue weighted by atomic mass is 35.5. The van der Waals surface area contributed by atoms with Crippen LogP contribution in [-0.2, 0) is 0 Å². The zero-order valence-electron chi connectivity index (χ0n) is 11.2. The van der Waals surface area contributed by atoms with Crippen molar-refractivity contribution in [2.45, 2.75) is 0 Å². The summed E-state index contributed by atoms with van der Waals surface area (Å²) in [4.78, 5) is 13.1. The molecule has 2 heterocycles. The van der Waals surface area contributed by atoms with Gasteiger partial charge in [-0.3, -0.25) is 4.79 Å². The SMILES string of the molecule is O=C(Nc1ccccc1)c1nnc(/C(Cl)=C\c2cccs2)s1. The van der Waals surface area contributed by atoms with Crippen LogP contribution in [0.3, 0.4) is 0 Å². The third-order valence-corrected chi connectivity index (χ3v) is 4.84. The molecule has 0 spiro atoms. The average molecular weight is 348 g/mol. The molecule has 3 aromatic rings. The molecule has 22 heavy (non-hydrogen) atoms. The van der Waals surface area contributed by atoms with Gasteiger partial charge in [0.1, 0.15) is 0 Å². The first-order chi connectivity index (χ1) is 10.7. The van der Waals surface area contributed by atoms with Gasteiger partial charge in [-0.15, -0.1) is 21.5 Å². The molecule has 7 heteroatoms. The van der Waals surface area contributed by atoms with Crippen molar-refractivity contribution in [3.8, 4) is 0 Å². The summed E-state index contributed by atoms with van der Waals surface area (Å²) in [6.07, 6.45) is 1.81. The Labute approximate surface area is 140 Å². The Morgan fingerprint density at radius 2 is 1.86 bits per heavy atom. The molecule has 0 radical (unpaired) electrons. The Morgan fingerprint density at radius 3 is 2.59 bits per heavy atom. The Hall–Kier alpha value is -2.02. The molecule has 4 nitrogen and oxygen atoms in total. The fourth-order valence-electron chi connectivity index (χ4n) is 1.68. The van der Waals surface area contributed by atoms with Gasteiger partial charge in [0.2, 0.25) is 5.01 Å². The van der Waals surface area contributed by atoms with Crippen LogP contribution in [0.25, 0.3) is 11.1 Å². The minimum absolute atomic E-state index is 0.275. The molecular formula is C15H10ClN3OS2. The lowest BCUT2D eigenvalue weighted by molar-refractivity contribution is 0.102. The molecule has 0 atom stereocenters. The molecule has 110 valence electrons. The molecule has 1 N–H and O–H groups in total. The van der Waals surface area contributed by atoms with Crippen LogP contribution in [0.1, 0.15) is 19.7 Å². The summed E-state index contributed by atoms with van der Waals surface area (Å²) in [5.41, 5.74) is 0.712. The summed E-state index contributed by atoms with van der Waals surface area (Å²) in [6, 6.07) is 13.1. The normalized spacial score (nSPS) is 11.4. The molecule has 0 aliphatic carbocycles. The molecule has 0 saturated heterocycles. The van der Waals surface area contributed by atoms with Crippen molar-refractivity contribution in [2.75, 3.05) is 5.32 Å². The van der Waals surface area contributed by atoms with Crippen LogP contribution in [-0.4, -0.2) is 16.1 Å². The molecule has 0 saturated carbocycles. The number of carbonyl (C=O) groups is 1. The van der Waals surface area contributed by atoms with E-state index in [0.29, 0.717) is 15.7 Å². The summed E-state index contributed by atoms with van der Waals surface area (Å²) in [7, 11) is 0. The van der Waals surface area contributed by atoms with Crippen molar-refractivity contribution in [2.24, 2.45) is 0 Å². The quantitative estimate of drug-likeness (QED) is 0.751. The topological polar surface area (TPSA) is 54.9 Å². The third kappa shape index (κ3) is 3.59. The minimum Gasteiger partial charge on any atom is -0.320 e. The van der Waals surface area contributed by atoms with Gasteiger partial charge in [0.15, 0.2) is 5.01 Å². The minimum atomic E-state index is -0.296. The maximum atomic E-state index is 12.1. The predicted molar refractivity (Wildman–Crippen MR) is 92.3 cm³/mol. The highest BCUT2D eigenvalue weighted by molar-refractivity contribution is 7.15. The zero-order chi connectivity index (χ0) is 15.4. The number of thiophene rings is 1. The molecular weight excluding hydrogens is 338 g/mol. The lowest BCUT2D eigenvalue weighted by Gasteiger charge is -2.00. The number of hydrogen-bond donors (Lipinski definition) is 1. The molecule has 0 fully saturated rings. The van der Waals surface area contributed by atoms with E-state index >= 15 is 0 Å². The molecule has 3 rings (SSSR count). The standard InChI is InChI=1S/C15H10ClN3OS2/c16-12(9-11-7-4-8-21-11)14-18-19-15(22-14)13(20)17-10-5-2-1-3-6-10/h1-9H,(H,17,20)/b12-9+. The zero-order valence-corrected chi connectivity index (χ0v) is 13.6. The largest absolute Gasteiger partial charge is 0.320 e. The second kappa shape index (κ2) is 6.83. The number of amides is 1. The van der Waals surface area contributed by atoms with Crippen LogP contribution in [0.4, 0.5) is 5.69 Å². The van der Waals surface area contributed by atoms with Crippen LogP contribution < -0.4 is 5.32 Å². The number of para-hydroxylation sites is 1. The molecule has 0 aliphatic heterocycles. The van der Waals surface area contributed by atoms with Gasteiger partial charge in [-0.1, -0.05) is 47.2 Å². The number of nitrogens with zero attached hydrogens (tertiary/aromatic N) is 2. The van der Waals surface area contributed by atoms with Gasteiger partial charge in [0.05, 0.1) is 5.03 Å². The van der Waals surface area contributed by atoms with Crippen molar-refractivity contribution in [1.29, 1.82) is 0 Å². The Morgan fingerprint density at radius 1 is 1.09 bits per heavy atom. The number of halogens is 1. The summed E-state index contributed by atoms with van der Waals surface area (Å²) >= 11 is 8.96. The summed E-state index contributed by atoms with van der Waals surface area (Å²) in [5, 5.41) is 13.9. The fraction of sp³-hybridized carbons (Fsp3) is 0. The van der Waals surface area contributed by atoms with Gasteiger partial charge in [0, 0.05) is 10.6 Å². The fourth-order valence-corrected chi connectivity index (χ4v) is 3.32. The number of benzene rings is 1. The monoisotopic (exact) mass is 347 g/mol. The van der Waals surface area contributed by atoms with Crippen LogP contribution >= 0.6 is 34.3 Å². The van der Waals surface area contributed by atoms with Crippen molar-refractivity contribution >= 4 is 57.0 Å². The van der Waals surface area contributed by atoms with E-state index in [1.54, 1.807) is 11.3 Å². The summed E-state index contributed by atoms with van der Waals surface area (Å²) < 4.78 is 0. The van der Waals surface area contributed by atoms with Crippen LogP contribution in [0, 0.1) is 0 Å². The first kappa shape index (κ1) is 14.9.